The van der Waals surface area contributed by atoms with Crippen molar-refractivity contribution in [2.75, 3.05) is 6.26 Å². The molecule has 8 bridgehead atoms. The lowest BCUT2D eigenvalue weighted by atomic mass is 10.1. The van der Waals surface area contributed by atoms with Crippen molar-refractivity contribution in [1.29, 1.82) is 0 Å². The number of hydrogen-bond donors (Lipinski definition) is 2. The zero-order valence-electron chi connectivity index (χ0n) is 23.1. The van der Waals surface area contributed by atoms with Gasteiger partial charge >= 0.3 is 0 Å². The zero-order chi connectivity index (χ0) is 29.6. The fourth-order valence-electron chi connectivity index (χ4n) is 5.85. The van der Waals surface area contributed by atoms with Gasteiger partial charge in [0.1, 0.15) is 22.6 Å². The van der Waals surface area contributed by atoms with Crippen molar-refractivity contribution in [1.82, 2.24) is 39.9 Å². The Labute approximate surface area is 249 Å². The fourth-order valence-corrected chi connectivity index (χ4v) is 6.50. The summed E-state index contributed by atoms with van der Waals surface area (Å²) < 4.78 is 25.0. The average molecular weight is 593 g/mol. The molecular weight excluding hydrogens is 572 g/mol. The fraction of sp³-hybridized carbons (Fsp3) is 0.0303. The van der Waals surface area contributed by atoms with Gasteiger partial charge in [0.2, 0.25) is 0 Å². The number of benzene rings is 4. The van der Waals surface area contributed by atoms with Crippen molar-refractivity contribution in [3.8, 4) is 45.6 Å². The standard InChI is InChI=1S/C33H20N8O2S/c1-44(42,43)17-14-15-24-25(16-17)33-40-31-23-13-7-6-12-22(23)29(38-31)36-27-19-9-3-2-8-18(19)26(34-27)35-28-20-10-4-5-11-21(20)30(37-28)39-32(24)41-33/h2-16H,1H3,(H2,34,35,36,37,38,39,40,41). The summed E-state index contributed by atoms with van der Waals surface area (Å²) in [6.07, 6.45) is 1.19. The molecular formula is C33H20N8O2S. The topological polar surface area (TPSA) is 143 Å². The highest BCUT2D eigenvalue weighted by Gasteiger charge is 2.22. The minimum Gasteiger partial charge on any atom is -0.324 e. The van der Waals surface area contributed by atoms with Crippen LogP contribution in [0.5, 0.6) is 0 Å². The molecule has 0 aliphatic carbocycles. The smallest absolute Gasteiger partial charge is 0.175 e. The highest BCUT2D eigenvalue weighted by atomic mass is 32.2. The molecule has 0 unspecified atom stereocenters. The zero-order valence-corrected chi connectivity index (χ0v) is 23.9. The summed E-state index contributed by atoms with van der Waals surface area (Å²) in [6, 6.07) is 28.4. The van der Waals surface area contributed by atoms with E-state index in [1.54, 1.807) is 18.2 Å². The molecule has 44 heavy (non-hydrogen) atoms. The number of nitrogens with zero attached hydrogens (tertiary/aromatic N) is 6. The van der Waals surface area contributed by atoms with Crippen molar-refractivity contribution in [2.24, 2.45) is 0 Å². The summed E-state index contributed by atoms with van der Waals surface area (Å²) >= 11 is 0. The molecule has 3 aromatic heterocycles. The summed E-state index contributed by atoms with van der Waals surface area (Å²) in [7, 11) is -3.48. The van der Waals surface area contributed by atoms with E-state index in [0.29, 0.717) is 56.7 Å². The monoisotopic (exact) mass is 592 g/mol. The van der Waals surface area contributed by atoms with Gasteiger partial charge in [-0.15, -0.1) is 0 Å². The molecule has 7 aromatic rings. The molecule has 2 aliphatic rings. The van der Waals surface area contributed by atoms with E-state index in [-0.39, 0.29) is 4.90 Å². The predicted molar refractivity (Wildman–Crippen MR) is 169 cm³/mol. The van der Waals surface area contributed by atoms with Crippen LogP contribution in [0.25, 0.3) is 89.7 Å². The highest BCUT2D eigenvalue weighted by molar-refractivity contribution is 7.90. The molecule has 0 atom stereocenters. The molecule has 9 rings (SSSR count). The molecule has 4 aromatic carbocycles. The van der Waals surface area contributed by atoms with Crippen molar-refractivity contribution in [3.63, 3.8) is 0 Å². The van der Waals surface area contributed by atoms with E-state index in [1.807, 2.05) is 72.8 Å². The number of sulfone groups is 1. The van der Waals surface area contributed by atoms with Gasteiger partial charge in [0, 0.05) is 50.1 Å². The van der Waals surface area contributed by atoms with E-state index >= 15 is 0 Å². The molecule has 210 valence electrons. The lowest BCUT2D eigenvalue weighted by molar-refractivity contribution is 0.602. The molecule has 0 fully saturated rings. The Hall–Kier alpha value is -5.81. The third-order valence-corrected chi connectivity index (χ3v) is 9.06. The Kier molecular flexibility index (Phi) is 4.98. The second kappa shape index (κ2) is 8.85. The summed E-state index contributed by atoms with van der Waals surface area (Å²) in [5.74, 6) is 1.95. The first-order valence-corrected chi connectivity index (χ1v) is 15.7. The summed E-state index contributed by atoms with van der Waals surface area (Å²) in [5, 5.41) is 3.10. The van der Waals surface area contributed by atoms with Crippen LogP contribution >= 0.6 is 0 Å². The van der Waals surface area contributed by atoms with Crippen LogP contribution in [0.1, 0.15) is 0 Å². The molecule has 0 spiro atoms. The van der Waals surface area contributed by atoms with Crippen LogP contribution in [0.15, 0.2) is 95.9 Å². The quantitative estimate of drug-likeness (QED) is 0.227. The minimum atomic E-state index is -3.48. The van der Waals surface area contributed by atoms with E-state index in [2.05, 4.69) is 9.97 Å². The summed E-state index contributed by atoms with van der Waals surface area (Å²) in [5.41, 5.74) is 5.49. The van der Waals surface area contributed by atoms with Crippen LogP contribution in [0.3, 0.4) is 0 Å². The third kappa shape index (κ3) is 3.69. The first kappa shape index (κ1) is 24.8. The number of nitrogens with one attached hydrogen (secondary N) is 2. The third-order valence-electron chi connectivity index (χ3n) is 7.95. The summed E-state index contributed by atoms with van der Waals surface area (Å²) in [4.78, 5) is 36.5. The van der Waals surface area contributed by atoms with Gasteiger partial charge in [0.25, 0.3) is 0 Å². The van der Waals surface area contributed by atoms with Gasteiger partial charge in [-0.3, -0.25) is 0 Å². The largest absolute Gasteiger partial charge is 0.324 e. The number of rotatable bonds is 1. The molecule has 0 radical (unpaired) electrons. The molecule has 2 aliphatic heterocycles. The molecule has 0 saturated heterocycles. The average Bonchev–Trinajstić information content (AvgIpc) is 3.76. The minimum absolute atomic E-state index is 0.182. The lowest BCUT2D eigenvalue weighted by Gasteiger charge is -1.98. The molecule has 0 amide bonds. The maximum absolute atomic E-state index is 12.5. The Balaban J connectivity index is 1.50. The van der Waals surface area contributed by atoms with Gasteiger partial charge in [-0.1, -0.05) is 72.8 Å². The summed E-state index contributed by atoms with van der Waals surface area (Å²) in [6.45, 7) is 0. The van der Waals surface area contributed by atoms with Gasteiger partial charge in [0.15, 0.2) is 33.1 Å². The van der Waals surface area contributed by atoms with Crippen molar-refractivity contribution >= 4 is 54.0 Å². The van der Waals surface area contributed by atoms with Gasteiger partial charge in [-0.2, -0.15) is 0 Å². The molecule has 0 saturated carbocycles. The Morgan fingerprint density at radius 2 is 0.818 bits per heavy atom. The van der Waals surface area contributed by atoms with Gasteiger partial charge in [0.05, 0.1) is 4.90 Å². The second-order valence-electron chi connectivity index (χ2n) is 10.7. The van der Waals surface area contributed by atoms with Gasteiger partial charge in [-0.25, -0.2) is 38.3 Å². The number of H-pyrrole nitrogens is 2. The molecule has 5 heterocycles. The van der Waals surface area contributed by atoms with E-state index in [0.717, 1.165) is 33.0 Å². The number of hydrogen-bond acceptors (Lipinski definition) is 8. The number of aromatic nitrogens is 8. The van der Waals surface area contributed by atoms with E-state index < -0.39 is 9.84 Å². The normalized spacial score (nSPS) is 12.4. The van der Waals surface area contributed by atoms with Crippen molar-refractivity contribution < 1.29 is 8.42 Å². The lowest BCUT2D eigenvalue weighted by Crippen LogP contribution is -1.96. The predicted octanol–water partition coefficient (Wildman–Crippen LogP) is 6.27. The van der Waals surface area contributed by atoms with Gasteiger partial charge in [-0.05, 0) is 18.2 Å². The van der Waals surface area contributed by atoms with Crippen LogP contribution in [-0.2, 0) is 9.84 Å². The van der Waals surface area contributed by atoms with Crippen LogP contribution in [0.2, 0.25) is 0 Å². The number of fused-ring (bicyclic) bond motifs is 20. The maximum Gasteiger partial charge on any atom is 0.175 e. The number of aromatic amines is 2. The van der Waals surface area contributed by atoms with Crippen LogP contribution < -0.4 is 0 Å². The van der Waals surface area contributed by atoms with E-state index in [4.69, 9.17) is 29.9 Å². The van der Waals surface area contributed by atoms with Crippen molar-refractivity contribution in [2.45, 2.75) is 4.90 Å². The Morgan fingerprint density at radius 3 is 1.23 bits per heavy atom. The first-order valence-electron chi connectivity index (χ1n) is 13.8. The van der Waals surface area contributed by atoms with E-state index in [1.165, 1.54) is 6.26 Å². The Morgan fingerprint density at radius 1 is 0.455 bits per heavy atom. The van der Waals surface area contributed by atoms with Crippen molar-refractivity contribution in [3.05, 3.63) is 91.0 Å². The van der Waals surface area contributed by atoms with Crippen LogP contribution in [0.4, 0.5) is 0 Å². The molecule has 10 nitrogen and oxygen atoms in total. The van der Waals surface area contributed by atoms with E-state index in [9.17, 15) is 8.42 Å². The SMILES string of the molecule is CS(=O)(=O)c1ccc2c3nc4nc(nc5[nH]c(nc6nc(nc([nH]3)c2c1)-c1ccccc1-6)c1ccccc51)-c1ccccc1-4. The first-order chi connectivity index (χ1) is 21.4. The molecule has 11 heteroatoms. The molecule has 2 N–H and O–H groups in total. The van der Waals surface area contributed by atoms with Crippen LogP contribution in [0, 0.1) is 0 Å². The van der Waals surface area contributed by atoms with Crippen LogP contribution in [-0.4, -0.2) is 54.5 Å². The highest BCUT2D eigenvalue weighted by Crippen LogP contribution is 2.37. The Bertz CT molecular complexity index is 2650. The van der Waals surface area contributed by atoms with Gasteiger partial charge < -0.3 is 9.97 Å². The maximum atomic E-state index is 12.5. The second-order valence-corrected chi connectivity index (χ2v) is 12.7.